The van der Waals surface area contributed by atoms with Crippen molar-refractivity contribution >= 4 is 23.4 Å². The van der Waals surface area contributed by atoms with E-state index in [-0.39, 0.29) is 11.3 Å². The molecule has 1 N–H and O–H groups in total. The molecule has 22 heavy (non-hydrogen) atoms. The molecule has 1 unspecified atom stereocenters. The molecule has 1 aliphatic heterocycles. The van der Waals surface area contributed by atoms with Gasteiger partial charge in [0.1, 0.15) is 13.2 Å². The van der Waals surface area contributed by atoms with Gasteiger partial charge in [0.05, 0.1) is 5.69 Å². The second-order valence-corrected chi connectivity index (χ2v) is 7.56. The lowest BCUT2D eigenvalue weighted by Gasteiger charge is -2.27. The molecule has 1 atom stereocenters. The smallest absolute Gasteiger partial charge is 0.224 e. The molecule has 0 saturated carbocycles. The van der Waals surface area contributed by atoms with Crippen LogP contribution in [-0.4, -0.2) is 25.4 Å². The summed E-state index contributed by atoms with van der Waals surface area (Å²) in [4.78, 5) is 13.3. The summed E-state index contributed by atoms with van der Waals surface area (Å²) in [5, 5.41) is 3.02. The minimum atomic E-state index is 0.0365. The van der Waals surface area contributed by atoms with Crippen molar-refractivity contribution in [1.82, 2.24) is 0 Å². The van der Waals surface area contributed by atoms with E-state index in [1.54, 1.807) is 11.8 Å². The first-order chi connectivity index (χ1) is 10.3. The quantitative estimate of drug-likeness (QED) is 0.844. The fourth-order valence-electron chi connectivity index (χ4n) is 2.12. The topological polar surface area (TPSA) is 47.6 Å². The number of amides is 1. The Bertz CT molecular complexity index is 552. The van der Waals surface area contributed by atoms with E-state index in [9.17, 15) is 4.79 Å². The molecule has 1 aromatic rings. The minimum Gasteiger partial charge on any atom is -0.486 e. The van der Waals surface area contributed by atoms with Gasteiger partial charge in [-0.15, -0.1) is 11.8 Å². The van der Waals surface area contributed by atoms with E-state index in [0.29, 0.717) is 31.3 Å². The number of nitrogens with one attached hydrogen (secondary N) is 1. The molecule has 0 spiro atoms. The van der Waals surface area contributed by atoms with Crippen molar-refractivity contribution in [1.29, 1.82) is 0 Å². The molecule has 1 amide bonds. The number of thioether (sulfide) groups is 1. The summed E-state index contributed by atoms with van der Waals surface area (Å²) >= 11 is 1.58. The lowest BCUT2D eigenvalue weighted by molar-refractivity contribution is -0.117. The number of carbonyl (C=O) groups excluding carboxylic acids is 1. The highest BCUT2D eigenvalue weighted by Crippen LogP contribution is 2.39. The van der Waals surface area contributed by atoms with Gasteiger partial charge in [0.2, 0.25) is 5.91 Å². The number of fused-ring (bicyclic) bond motifs is 1. The van der Waals surface area contributed by atoms with Gasteiger partial charge >= 0.3 is 0 Å². The normalized spacial score (nSPS) is 15.3. The standard InChI is InChI=1S/C17H25NO3S/c1-11(17(2,3)4)8-16(19)18-12-9-13-14(10-15(12)22-5)21-7-6-20-13/h9-11H,6-8H2,1-5H3,(H,18,19). The van der Waals surface area contributed by atoms with Crippen LogP contribution in [0.2, 0.25) is 0 Å². The SMILES string of the molecule is CSc1cc2c(cc1NC(=O)CC(C)C(C)(C)C)OCCO2. The van der Waals surface area contributed by atoms with Crippen molar-refractivity contribution in [3.05, 3.63) is 12.1 Å². The highest BCUT2D eigenvalue weighted by atomic mass is 32.2. The van der Waals surface area contributed by atoms with Crippen molar-refractivity contribution in [3.63, 3.8) is 0 Å². The van der Waals surface area contributed by atoms with E-state index in [0.717, 1.165) is 16.3 Å². The van der Waals surface area contributed by atoms with E-state index in [1.165, 1.54) is 0 Å². The van der Waals surface area contributed by atoms with Crippen LogP contribution in [0.3, 0.4) is 0 Å². The minimum absolute atomic E-state index is 0.0365. The van der Waals surface area contributed by atoms with Crippen LogP contribution in [0.15, 0.2) is 17.0 Å². The first kappa shape index (κ1) is 17.0. The number of carbonyl (C=O) groups is 1. The van der Waals surface area contributed by atoms with Crippen molar-refractivity contribution in [2.75, 3.05) is 24.8 Å². The van der Waals surface area contributed by atoms with Crippen LogP contribution >= 0.6 is 11.8 Å². The molecule has 2 rings (SSSR count). The number of ether oxygens (including phenoxy) is 2. The average Bonchev–Trinajstić information content (AvgIpc) is 2.45. The highest BCUT2D eigenvalue weighted by molar-refractivity contribution is 7.98. The summed E-state index contributed by atoms with van der Waals surface area (Å²) in [5.74, 6) is 1.79. The van der Waals surface area contributed by atoms with Crippen LogP contribution in [0.25, 0.3) is 0 Å². The first-order valence-electron chi connectivity index (χ1n) is 7.58. The van der Waals surface area contributed by atoms with Gasteiger partial charge in [-0.2, -0.15) is 0 Å². The fraction of sp³-hybridized carbons (Fsp3) is 0.588. The lowest BCUT2D eigenvalue weighted by Crippen LogP contribution is -2.24. The van der Waals surface area contributed by atoms with E-state index in [4.69, 9.17) is 9.47 Å². The maximum absolute atomic E-state index is 12.3. The van der Waals surface area contributed by atoms with Crippen LogP contribution in [0, 0.1) is 11.3 Å². The summed E-state index contributed by atoms with van der Waals surface area (Å²) in [6.45, 7) is 9.68. The van der Waals surface area contributed by atoms with Gasteiger partial charge in [0.15, 0.2) is 11.5 Å². The number of rotatable bonds is 4. The molecule has 5 heteroatoms. The second kappa shape index (κ2) is 6.82. The molecule has 122 valence electrons. The Morgan fingerprint density at radius 3 is 2.41 bits per heavy atom. The van der Waals surface area contributed by atoms with Crippen molar-refractivity contribution in [2.24, 2.45) is 11.3 Å². The molecule has 0 aromatic heterocycles. The number of benzene rings is 1. The molecule has 0 aliphatic carbocycles. The van der Waals surface area contributed by atoms with E-state index >= 15 is 0 Å². The van der Waals surface area contributed by atoms with Crippen molar-refractivity contribution in [2.45, 2.75) is 39.0 Å². The number of anilines is 1. The summed E-state index contributed by atoms with van der Waals surface area (Å²) in [7, 11) is 0. The third-order valence-electron chi connectivity index (χ3n) is 4.11. The number of hydrogen-bond donors (Lipinski definition) is 1. The molecular formula is C17H25NO3S. The highest BCUT2D eigenvalue weighted by Gasteiger charge is 2.23. The van der Waals surface area contributed by atoms with Gasteiger partial charge in [0.25, 0.3) is 0 Å². The summed E-state index contributed by atoms with van der Waals surface area (Å²) in [6.07, 6.45) is 2.49. The molecular weight excluding hydrogens is 298 g/mol. The average molecular weight is 323 g/mol. The van der Waals surface area contributed by atoms with Gasteiger partial charge < -0.3 is 14.8 Å². The predicted molar refractivity (Wildman–Crippen MR) is 91.1 cm³/mol. The molecule has 1 heterocycles. The van der Waals surface area contributed by atoms with E-state index in [1.807, 2.05) is 18.4 Å². The summed E-state index contributed by atoms with van der Waals surface area (Å²) in [6, 6.07) is 3.79. The van der Waals surface area contributed by atoms with E-state index in [2.05, 4.69) is 33.0 Å². The Labute approximate surface area is 137 Å². The van der Waals surface area contributed by atoms with E-state index < -0.39 is 0 Å². The van der Waals surface area contributed by atoms with Gasteiger partial charge in [-0.3, -0.25) is 4.79 Å². The number of hydrogen-bond acceptors (Lipinski definition) is 4. The van der Waals surface area contributed by atoms with Gasteiger partial charge in [-0.1, -0.05) is 27.7 Å². The van der Waals surface area contributed by atoms with Crippen LogP contribution in [0.5, 0.6) is 11.5 Å². The monoisotopic (exact) mass is 323 g/mol. The first-order valence-corrected chi connectivity index (χ1v) is 8.81. The molecule has 0 radical (unpaired) electrons. The summed E-state index contributed by atoms with van der Waals surface area (Å²) in [5.41, 5.74) is 0.912. The molecule has 4 nitrogen and oxygen atoms in total. The molecule has 1 aromatic carbocycles. The van der Waals surface area contributed by atoms with Gasteiger partial charge in [0, 0.05) is 17.4 Å². The maximum atomic E-state index is 12.3. The summed E-state index contributed by atoms with van der Waals surface area (Å²) < 4.78 is 11.2. The van der Waals surface area contributed by atoms with Crippen LogP contribution in [0.1, 0.15) is 34.1 Å². The van der Waals surface area contributed by atoms with Gasteiger partial charge in [-0.05, 0) is 23.7 Å². The molecule has 0 bridgehead atoms. The van der Waals surface area contributed by atoms with Gasteiger partial charge in [-0.25, -0.2) is 0 Å². The lowest BCUT2D eigenvalue weighted by atomic mass is 9.80. The largest absolute Gasteiger partial charge is 0.486 e. The van der Waals surface area contributed by atoms with Crippen LogP contribution in [0.4, 0.5) is 5.69 Å². The zero-order chi connectivity index (χ0) is 16.3. The predicted octanol–water partition coefficient (Wildman–Crippen LogP) is 4.19. The van der Waals surface area contributed by atoms with Crippen molar-refractivity contribution in [3.8, 4) is 11.5 Å². The Balaban J connectivity index is 2.13. The Morgan fingerprint density at radius 2 is 1.86 bits per heavy atom. The van der Waals surface area contributed by atoms with Crippen LogP contribution < -0.4 is 14.8 Å². The Kier molecular flexibility index (Phi) is 5.27. The molecule has 0 saturated heterocycles. The molecule has 1 aliphatic rings. The zero-order valence-corrected chi connectivity index (χ0v) is 14.8. The maximum Gasteiger partial charge on any atom is 0.224 e. The zero-order valence-electron chi connectivity index (χ0n) is 14.0. The molecule has 0 fully saturated rings. The van der Waals surface area contributed by atoms with Crippen LogP contribution in [-0.2, 0) is 4.79 Å². The third-order valence-corrected chi connectivity index (χ3v) is 4.89. The third kappa shape index (κ3) is 4.09. The second-order valence-electron chi connectivity index (χ2n) is 6.72. The fourth-order valence-corrected chi connectivity index (χ4v) is 2.68. The van der Waals surface area contributed by atoms with Crippen molar-refractivity contribution < 1.29 is 14.3 Å². The Hall–Kier alpha value is -1.36. The Morgan fingerprint density at radius 1 is 1.27 bits per heavy atom.